The van der Waals surface area contributed by atoms with Crippen molar-refractivity contribution in [3.63, 3.8) is 0 Å². The van der Waals surface area contributed by atoms with E-state index in [2.05, 4.69) is 27.5 Å². The lowest BCUT2D eigenvalue weighted by atomic mass is 10.3. The van der Waals surface area contributed by atoms with E-state index in [1.54, 1.807) is 14.1 Å². The summed E-state index contributed by atoms with van der Waals surface area (Å²) in [5.41, 5.74) is 0.877. The van der Waals surface area contributed by atoms with Crippen molar-refractivity contribution in [2.45, 2.75) is 20.3 Å². The lowest BCUT2D eigenvalue weighted by molar-refractivity contribution is -0.119. The molecule has 18 heavy (non-hydrogen) atoms. The van der Waals surface area contributed by atoms with Crippen molar-refractivity contribution < 1.29 is 4.79 Å². The number of anilines is 2. The lowest BCUT2D eigenvalue weighted by Gasteiger charge is -2.22. The smallest absolute Gasteiger partial charge is 0.239 e. The zero-order valence-electron chi connectivity index (χ0n) is 11.4. The Bertz CT molecular complexity index is 407. The topological polar surface area (TPSA) is 70.2 Å². The molecule has 1 aromatic heterocycles. The molecule has 0 aliphatic rings. The molecule has 1 rings (SSSR count). The Kier molecular flexibility index (Phi) is 5.35. The molecule has 0 aromatic carbocycles. The van der Waals surface area contributed by atoms with Crippen LogP contribution in [0.2, 0.25) is 0 Å². The zero-order chi connectivity index (χ0) is 13.5. The van der Waals surface area contributed by atoms with Crippen LogP contribution in [-0.2, 0) is 4.79 Å². The summed E-state index contributed by atoms with van der Waals surface area (Å²) < 4.78 is 0. The molecule has 6 heteroatoms. The van der Waals surface area contributed by atoms with Crippen molar-refractivity contribution in [2.75, 3.05) is 37.4 Å². The summed E-state index contributed by atoms with van der Waals surface area (Å²) >= 11 is 0. The summed E-state index contributed by atoms with van der Waals surface area (Å²) in [6.45, 7) is 5.08. The minimum absolute atomic E-state index is 0.0225. The summed E-state index contributed by atoms with van der Waals surface area (Å²) in [6.07, 6.45) is 0.953. The molecule has 0 atom stereocenters. The maximum atomic E-state index is 11.5. The van der Waals surface area contributed by atoms with Crippen molar-refractivity contribution >= 4 is 17.7 Å². The molecule has 0 fully saturated rings. The van der Waals surface area contributed by atoms with Gasteiger partial charge in [-0.1, -0.05) is 6.92 Å². The quantitative estimate of drug-likeness (QED) is 0.782. The number of carbonyl (C=O) groups is 1. The Balaban J connectivity index is 2.96. The van der Waals surface area contributed by atoms with Gasteiger partial charge in [0.05, 0.1) is 6.54 Å². The molecule has 0 radical (unpaired) electrons. The Morgan fingerprint density at radius 3 is 2.67 bits per heavy atom. The fourth-order valence-electron chi connectivity index (χ4n) is 1.62. The number of aryl methyl sites for hydroxylation is 1. The van der Waals surface area contributed by atoms with Crippen molar-refractivity contribution in [1.29, 1.82) is 0 Å². The van der Waals surface area contributed by atoms with E-state index in [0.717, 1.165) is 24.5 Å². The van der Waals surface area contributed by atoms with Crippen LogP contribution in [0.25, 0.3) is 0 Å². The molecule has 0 aliphatic heterocycles. The molecular weight excluding hydrogens is 230 g/mol. The Morgan fingerprint density at radius 1 is 1.39 bits per heavy atom. The van der Waals surface area contributed by atoms with E-state index >= 15 is 0 Å². The van der Waals surface area contributed by atoms with Crippen LogP contribution in [0.15, 0.2) is 6.07 Å². The van der Waals surface area contributed by atoms with Crippen molar-refractivity contribution in [3.8, 4) is 0 Å². The molecule has 0 bridgehead atoms. The van der Waals surface area contributed by atoms with Crippen LogP contribution in [0, 0.1) is 6.92 Å². The molecule has 1 aromatic rings. The highest BCUT2D eigenvalue weighted by Gasteiger charge is 2.12. The summed E-state index contributed by atoms with van der Waals surface area (Å²) in [5, 5.41) is 5.55. The van der Waals surface area contributed by atoms with Crippen molar-refractivity contribution in [2.24, 2.45) is 0 Å². The SMILES string of the molecule is CCCN(CC(=O)NC)c1cc(C)nc(NC)n1. The van der Waals surface area contributed by atoms with Crippen LogP contribution in [0.3, 0.4) is 0 Å². The lowest BCUT2D eigenvalue weighted by Crippen LogP contribution is -2.36. The number of carbonyl (C=O) groups excluding carboxylic acids is 1. The van der Waals surface area contributed by atoms with Gasteiger partial charge in [0.1, 0.15) is 5.82 Å². The standard InChI is InChI=1S/C12H21N5O/c1-5-6-17(8-11(18)13-3)10-7-9(2)15-12(14-4)16-10/h7H,5-6,8H2,1-4H3,(H,13,18)(H,14,15,16). The number of aromatic nitrogens is 2. The predicted octanol–water partition coefficient (Wildman–Crippen LogP) is 0.789. The summed E-state index contributed by atoms with van der Waals surface area (Å²) in [7, 11) is 3.41. The number of rotatable bonds is 6. The summed E-state index contributed by atoms with van der Waals surface area (Å²) in [5.74, 6) is 1.33. The predicted molar refractivity (Wildman–Crippen MR) is 72.9 cm³/mol. The molecule has 0 spiro atoms. The molecule has 6 nitrogen and oxygen atoms in total. The van der Waals surface area contributed by atoms with E-state index in [9.17, 15) is 4.79 Å². The van der Waals surface area contributed by atoms with E-state index in [4.69, 9.17) is 0 Å². The van der Waals surface area contributed by atoms with Gasteiger partial charge in [-0.2, -0.15) is 4.98 Å². The second-order valence-corrected chi connectivity index (χ2v) is 4.04. The number of hydrogen-bond donors (Lipinski definition) is 2. The Labute approximate surface area is 108 Å². The average Bonchev–Trinajstić information content (AvgIpc) is 2.37. The van der Waals surface area contributed by atoms with Crippen molar-refractivity contribution in [1.82, 2.24) is 15.3 Å². The normalized spacial score (nSPS) is 10.0. The first-order chi connectivity index (χ1) is 8.60. The molecule has 0 saturated heterocycles. The molecule has 0 saturated carbocycles. The third-order valence-corrected chi connectivity index (χ3v) is 2.50. The van der Waals surface area contributed by atoms with Gasteiger partial charge in [-0.15, -0.1) is 0 Å². The number of nitrogens with one attached hydrogen (secondary N) is 2. The highest BCUT2D eigenvalue weighted by molar-refractivity contribution is 5.80. The minimum Gasteiger partial charge on any atom is -0.358 e. The fourth-order valence-corrected chi connectivity index (χ4v) is 1.62. The molecule has 0 aliphatic carbocycles. The number of nitrogens with zero attached hydrogens (tertiary/aromatic N) is 3. The van der Waals surface area contributed by atoms with Gasteiger partial charge in [0, 0.05) is 32.4 Å². The molecule has 2 N–H and O–H groups in total. The molecule has 1 heterocycles. The van der Waals surface area contributed by atoms with Crippen LogP contribution in [0.4, 0.5) is 11.8 Å². The van der Waals surface area contributed by atoms with Crippen molar-refractivity contribution in [3.05, 3.63) is 11.8 Å². The first-order valence-corrected chi connectivity index (χ1v) is 6.09. The number of likely N-dealkylation sites (N-methyl/N-ethyl adjacent to an activating group) is 1. The van der Waals surface area contributed by atoms with Gasteiger partial charge in [0.2, 0.25) is 11.9 Å². The third kappa shape index (κ3) is 3.87. The summed E-state index contributed by atoms with van der Waals surface area (Å²) in [6, 6.07) is 1.89. The van der Waals surface area contributed by atoms with Crippen LogP contribution in [0.1, 0.15) is 19.0 Å². The molecule has 0 unspecified atom stereocenters. The first kappa shape index (κ1) is 14.2. The fraction of sp³-hybridized carbons (Fsp3) is 0.583. The van der Waals surface area contributed by atoms with Crippen LogP contribution in [-0.4, -0.2) is 43.1 Å². The van der Waals surface area contributed by atoms with Gasteiger partial charge in [-0.25, -0.2) is 4.98 Å². The number of amides is 1. The van der Waals surface area contributed by atoms with E-state index in [-0.39, 0.29) is 5.91 Å². The van der Waals surface area contributed by atoms with Gasteiger partial charge in [0.25, 0.3) is 0 Å². The summed E-state index contributed by atoms with van der Waals surface area (Å²) in [4.78, 5) is 22.1. The van der Waals surface area contributed by atoms with Gasteiger partial charge in [-0.3, -0.25) is 4.79 Å². The maximum Gasteiger partial charge on any atom is 0.239 e. The molecule has 1 amide bonds. The monoisotopic (exact) mass is 251 g/mol. The first-order valence-electron chi connectivity index (χ1n) is 6.09. The van der Waals surface area contributed by atoms with E-state index in [1.807, 2.05) is 17.9 Å². The average molecular weight is 251 g/mol. The van der Waals surface area contributed by atoms with Crippen LogP contribution in [0.5, 0.6) is 0 Å². The van der Waals surface area contributed by atoms with E-state index in [0.29, 0.717) is 12.5 Å². The Hall–Kier alpha value is -1.85. The highest BCUT2D eigenvalue weighted by Crippen LogP contribution is 2.14. The van der Waals surface area contributed by atoms with Gasteiger partial charge < -0.3 is 15.5 Å². The van der Waals surface area contributed by atoms with Crippen LogP contribution >= 0.6 is 0 Å². The third-order valence-electron chi connectivity index (χ3n) is 2.50. The maximum absolute atomic E-state index is 11.5. The zero-order valence-corrected chi connectivity index (χ0v) is 11.4. The Morgan fingerprint density at radius 2 is 2.11 bits per heavy atom. The largest absolute Gasteiger partial charge is 0.358 e. The second kappa shape index (κ2) is 6.78. The highest BCUT2D eigenvalue weighted by atomic mass is 16.1. The van der Waals surface area contributed by atoms with Gasteiger partial charge >= 0.3 is 0 Å². The molecule has 100 valence electrons. The van der Waals surface area contributed by atoms with Gasteiger partial charge in [-0.05, 0) is 13.3 Å². The molecular formula is C12H21N5O. The number of hydrogen-bond acceptors (Lipinski definition) is 5. The van der Waals surface area contributed by atoms with Crippen LogP contribution < -0.4 is 15.5 Å². The second-order valence-electron chi connectivity index (χ2n) is 4.04. The minimum atomic E-state index is -0.0225. The van der Waals surface area contributed by atoms with E-state index in [1.165, 1.54) is 0 Å². The van der Waals surface area contributed by atoms with E-state index < -0.39 is 0 Å². The van der Waals surface area contributed by atoms with Gasteiger partial charge in [0.15, 0.2) is 0 Å².